The molecule has 0 unspecified atom stereocenters. The van der Waals surface area contributed by atoms with Crippen molar-refractivity contribution in [1.82, 2.24) is 0 Å². The molecule has 0 bridgehead atoms. The van der Waals surface area contributed by atoms with Crippen LogP contribution >= 0.6 is 0 Å². The normalized spacial score (nSPS) is 37.8. The van der Waals surface area contributed by atoms with Crippen LogP contribution in [0.15, 0.2) is 22.5 Å². The van der Waals surface area contributed by atoms with E-state index < -0.39 is 5.78 Å². The van der Waals surface area contributed by atoms with Gasteiger partial charge in [-0.05, 0) is 49.9 Å². The first-order valence-corrected chi connectivity index (χ1v) is 9.08. The fourth-order valence-corrected chi connectivity index (χ4v) is 5.27. The second kappa shape index (κ2) is 5.61. The molecule has 0 aliphatic heterocycles. The molecule has 0 saturated heterocycles. The maximum atomic E-state index is 12.9. The van der Waals surface area contributed by atoms with E-state index in [1.807, 2.05) is 6.92 Å². The summed E-state index contributed by atoms with van der Waals surface area (Å²) in [6.07, 6.45) is 5.00. The number of aliphatic hydroxyl groups is 1. The van der Waals surface area contributed by atoms with Gasteiger partial charge in [-0.3, -0.25) is 9.59 Å². The summed E-state index contributed by atoms with van der Waals surface area (Å²) in [5, 5.41) is 10.7. The molecule has 0 aromatic rings. The standard InChI is InChI=1S/C20H28O3/c1-5-6-14-17(21)13-7-8-15-12(3)11(2)9-10-20(15,4)16(13)19(23)18(14)22/h11-12,15,21H,5-10H2,1-4H3/t11-,12-,15-,20-/m0/s1. The average Bonchev–Trinajstić information content (AvgIpc) is 2.52. The molecule has 1 fully saturated rings. The number of aliphatic hydroxyl groups excluding tert-OH is 1. The van der Waals surface area contributed by atoms with Crippen molar-refractivity contribution in [3.63, 3.8) is 0 Å². The SMILES string of the molecule is CCCC1=C(O)C2=C(C(=O)C1=O)[C@@]1(C)CC[C@H](C)[C@H](C)[C@@H]1CC2. The maximum Gasteiger partial charge on any atom is 0.232 e. The van der Waals surface area contributed by atoms with Crippen LogP contribution in [0.5, 0.6) is 0 Å². The Labute approximate surface area is 138 Å². The second-order valence-corrected chi connectivity index (χ2v) is 8.03. The van der Waals surface area contributed by atoms with Gasteiger partial charge >= 0.3 is 0 Å². The van der Waals surface area contributed by atoms with Crippen molar-refractivity contribution >= 4 is 11.6 Å². The van der Waals surface area contributed by atoms with E-state index in [1.54, 1.807) is 0 Å². The highest BCUT2D eigenvalue weighted by molar-refractivity contribution is 6.50. The van der Waals surface area contributed by atoms with Crippen molar-refractivity contribution in [3.8, 4) is 0 Å². The molecule has 23 heavy (non-hydrogen) atoms. The lowest BCUT2D eigenvalue weighted by molar-refractivity contribution is -0.134. The summed E-state index contributed by atoms with van der Waals surface area (Å²) >= 11 is 0. The van der Waals surface area contributed by atoms with E-state index in [2.05, 4.69) is 20.8 Å². The smallest absolute Gasteiger partial charge is 0.232 e. The van der Waals surface area contributed by atoms with Gasteiger partial charge in [0.1, 0.15) is 5.76 Å². The zero-order chi connectivity index (χ0) is 16.9. The predicted molar refractivity (Wildman–Crippen MR) is 90.0 cm³/mol. The number of rotatable bonds is 2. The Morgan fingerprint density at radius 3 is 2.52 bits per heavy atom. The monoisotopic (exact) mass is 316 g/mol. The largest absolute Gasteiger partial charge is 0.507 e. The van der Waals surface area contributed by atoms with Crippen LogP contribution in [0.25, 0.3) is 0 Å². The Kier molecular flexibility index (Phi) is 4.02. The van der Waals surface area contributed by atoms with E-state index in [-0.39, 0.29) is 17.0 Å². The molecule has 3 aliphatic rings. The van der Waals surface area contributed by atoms with Gasteiger partial charge in [-0.2, -0.15) is 0 Å². The van der Waals surface area contributed by atoms with E-state index in [0.29, 0.717) is 35.3 Å². The Morgan fingerprint density at radius 2 is 1.87 bits per heavy atom. The zero-order valence-corrected chi connectivity index (χ0v) is 14.7. The van der Waals surface area contributed by atoms with Gasteiger partial charge in [0.2, 0.25) is 11.6 Å². The summed E-state index contributed by atoms with van der Waals surface area (Å²) in [5.41, 5.74) is 1.52. The molecule has 0 aromatic carbocycles. The number of carbonyl (C=O) groups is 2. The molecule has 0 radical (unpaired) electrons. The van der Waals surface area contributed by atoms with Gasteiger partial charge in [-0.25, -0.2) is 0 Å². The molecule has 0 aromatic heterocycles. The molecule has 3 rings (SSSR count). The van der Waals surface area contributed by atoms with Gasteiger partial charge in [-0.1, -0.05) is 34.1 Å². The van der Waals surface area contributed by atoms with E-state index in [4.69, 9.17) is 0 Å². The van der Waals surface area contributed by atoms with E-state index in [0.717, 1.165) is 37.7 Å². The highest BCUT2D eigenvalue weighted by Crippen LogP contribution is 2.58. The molecule has 126 valence electrons. The number of Topliss-reactive ketones (excluding diaryl/α,β-unsaturated/α-hetero) is 2. The van der Waals surface area contributed by atoms with Crippen molar-refractivity contribution in [1.29, 1.82) is 0 Å². The Hall–Kier alpha value is -1.38. The lowest BCUT2D eigenvalue weighted by atomic mass is 9.51. The molecule has 3 aliphatic carbocycles. The third-order valence-electron chi connectivity index (χ3n) is 6.83. The van der Waals surface area contributed by atoms with Crippen LogP contribution in [-0.2, 0) is 9.59 Å². The summed E-state index contributed by atoms with van der Waals surface area (Å²) in [5.74, 6) is 0.962. The average molecular weight is 316 g/mol. The molecule has 0 amide bonds. The predicted octanol–water partition coefficient (Wildman–Crippen LogP) is 4.53. The fourth-order valence-electron chi connectivity index (χ4n) is 5.27. The van der Waals surface area contributed by atoms with Gasteiger partial charge in [0.05, 0.1) is 0 Å². The van der Waals surface area contributed by atoms with Crippen molar-refractivity contribution < 1.29 is 14.7 Å². The first-order chi connectivity index (χ1) is 10.8. The number of hydrogen-bond donors (Lipinski definition) is 1. The minimum absolute atomic E-state index is 0.123. The van der Waals surface area contributed by atoms with Crippen molar-refractivity contribution in [2.24, 2.45) is 23.2 Å². The maximum absolute atomic E-state index is 12.9. The number of hydrogen-bond acceptors (Lipinski definition) is 3. The summed E-state index contributed by atoms with van der Waals surface area (Å²) in [6, 6.07) is 0. The van der Waals surface area contributed by atoms with Crippen LogP contribution in [0, 0.1) is 23.2 Å². The van der Waals surface area contributed by atoms with Gasteiger partial charge in [-0.15, -0.1) is 0 Å². The Bertz CT molecular complexity index is 625. The number of allylic oxidation sites excluding steroid dienone is 3. The van der Waals surface area contributed by atoms with Crippen LogP contribution < -0.4 is 0 Å². The Morgan fingerprint density at radius 1 is 1.17 bits per heavy atom. The molecule has 0 heterocycles. The highest BCUT2D eigenvalue weighted by Gasteiger charge is 2.53. The van der Waals surface area contributed by atoms with Crippen LogP contribution in [-0.4, -0.2) is 16.7 Å². The quantitative estimate of drug-likeness (QED) is 0.601. The molecule has 3 heteroatoms. The molecule has 1 N–H and O–H groups in total. The van der Waals surface area contributed by atoms with Crippen LogP contribution in [0.3, 0.4) is 0 Å². The van der Waals surface area contributed by atoms with Crippen LogP contribution in [0.1, 0.15) is 66.2 Å². The van der Waals surface area contributed by atoms with Gasteiger partial charge in [0.25, 0.3) is 0 Å². The minimum Gasteiger partial charge on any atom is -0.507 e. The summed E-state index contributed by atoms with van der Waals surface area (Å²) in [7, 11) is 0. The molecule has 0 spiro atoms. The van der Waals surface area contributed by atoms with Crippen LogP contribution in [0.2, 0.25) is 0 Å². The molecule has 4 atom stereocenters. The minimum atomic E-state index is -0.462. The number of carbonyl (C=O) groups excluding carboxylic acids is 2. The van der Waals surface area contributed by atoms with E-state index in [1.165, 1.54) is 0 Å². The summed E-state index contributed by atoms with van der Waals surface area (Å²) in [6.45, 7) is 8.69. The zero-order valence-electron chi connectivity index (χ0n) is 14.7. The molecular formula is C20H28O3. The fraction of sp³-hybridized carbons (Fsp3) is 0.700. The first kappa shape index (κ1) is 16.5. The third-order valence-corrected chi connectivity index (χ3v) is 6.83. The lowest BCUT2D eigenvalue weighted by Crippen LogP contribution is -2.48. The van der Waals surface area contributed by atoms with Crippen molar-refractivity contribution in [2.45, 2.75) is 66.2 Å². The summed E-state index contributed by atoms with van der Waals surface area (Å²) in [4.78, 5) is 25.4. The molecular weight excluding hydrogens is 288 g/mol. The lowest BCUT2D eigenvalue weighted by Gasteiger charge is -2.52. The number of ketones is 2. The van der Waals surface area contributed by atoms with Crippen LogP contribution in [0.4, 0.5) is 0 Å². The van der Waals surface area contributed by atoms with Gasteiger partial charge < -0.3 is 5.11 Å². The topological polar surface area (TPSA) is 54.4 Å². The highest BCUT2D eigenvalue weighted by atomic mass is 16.3. The summed E-state index contributed by atoms with van der Waals surface area (Å²) < 4.78 is 0. The van der Waals surface area contributed by atoms with E-state index in [9.17, 15) is 14.7 Å². The second-order valence-electron chi connectivity index (χ2n) is 8.03. The Balaban J connectivity index is 2.13. The van der Waals surface area contributed by atoms with E-state index >= 15 is 0 Å². The molecule has 1 saturated carbocycles. The van der Waals surface area contributed by atoms with Crippen molar-refractivity contribution in [3.05, 3.63) is 22.5 Å². The number of fused-ring (bicyclic) bond motifs is 2. The van der Waals surface area contributed by atoms with Crippen molar-refractivity contribution in [2.75, 3.05) is 0 Å². The van der Waals surface area contributed by atoms with Gasteiger partial charge in [0.15, 0.2) is 0 Å². The first-order valence-electron chi connectivity index (χ1n) is 9.08. The molecule has 3 nitrogen and oxygen atoms in total. The van der Waals surface area contributed by atoms with Gasteiger partial charge in [0, 0.05) is 22.1 Å². The third kappa shape index (κ3) is 2.23.